The molecule has 1 aliphatic heterocycles. The van der Waals surface area contributed by atoms with Crippen molar-refractivity contribution in [2.45, 2.75) is 33.1 Å². The number of aliphatic carboxylic acids is 1. The zero-order valence-electron chi connectivity index (χ0n) is 14.5. The van der Waals surface area contributed by atoms with Crippen LogP contribution in [0.4, 0.5) is 0 Å². The number of pyridine rings is 1. The molecule has 24 heavy (non-hydrogen) atoms. The fourth-order valence-electron chi connectivity index (χ4n) is 3.73. The maximum atomic E-state index is 11.7. The van der Waals surface area contributed by atoms with Gasteiger partial charge in [-0.05, 0) is 73.5 Å². The van der Waals surface area contributed by atoms with E-state index in [9.17, 15) is 9.90 Å². The monoisotopic (exact) mass is 326 g/mol. The predicted octanol–water partition coefficient (Wildman–Crippen LogP) is 3.29. The van der Waals surface area contributed by atoms with Crippen LogP contribution >= 0.6 is 0 Å². The van der Waals surface area contributed by atoms with Gasteiger partial charge in [-0.2, -0.15) is 0 Å². The van der Waals surface area contributed by atoms with E-state index in [1.54, 1.807) is 0 Å². The number of nitrogens with zero attached hydrogens (tertiary/aromatic N) is 1. The van der Waals surface area contributed by atoms with Crippen LogP contribution in [0.5, 0.6) is 0 Å². The van der Waals surface area contributed by atoms with Gasteiger partial charge in [0.15, 0.2) is 0 Å². The fourth-order valence-corrected chi connectivity index (χ4v) is 3.73. The molecule has 0 aliphatic carbocycles. The number of carboxylic acids is 1. The molecule has 1 aromatic heterocycles. The van der Waals surface area contributed by atoms with Gasteiger partial charge in [0.25, 0.3) is 0 Å². The SMILES string of the molecule is CC(C)Cc1ccnc2ccc(C[C@H](C(=O)O)[C@H]3CCNC3)cc12. The highest BCUT2D eigenvalue weighted by atomic mass is 16.4. The first-order valence-corrected chi connectivity index (χ1v) is 8.84. The predicted molar refractivity (Wildman–Crippen MR) is 96.1 cm³/mol. The van der Waals surface area contributed by atoms with Crippen LogP contribution in [0.25, 0.3) is 10.9 Å². The minimum absolute atomic E-state index is 0.224. The van der Waals surface area contributed by atoms with Gasteiger partial charge in [-0.3, -0.25) is 9.78 Å². The Kier molecular flexibility index (Phi) is 5.14. The van der Waals surface area contributed by atoms with Gasteiger partial charge in [0.1, 0.15) is 0 Å². The number of nitrogens with one attached hydrogen (secondary N) is 1. The molecule has 3 rings (SSSR count). The number of aromatic nitrogens is 1. The van der Waals surface area contributed by atoms with Gasteiger partial charge in [0.2, 0.25) is 0 Å². The molecule has 4 heteroatoms. The molecule has 1 aromatic carbocycles. The van der Waals surface area contributed by atoms with Crippen LogP contribution in [0, 0.1) is 17.8 Å². The Bertz CT molecular complexity index is 721. The van der Waals surface area contributed by atoms with Gasteiger partial charge < -0.3 is 10.4 Å². The summed E-state index contributed by atoms with van der Waals surface area (Å²) in [7, 11) is 0. The highest BCUT2D eigenvalue weighted by Crippen LogP contribution is 2.26. The molecule has 0 unspecified atom stereocenters. The largest absolute Gasteiger partial charge is 0.481 e. The first-order chi connectivity index (χ1) is 11.5. The first kappa shape index (κ1) is 16.9. The van der Waals surface area contributed by atoms with Gasteiger partial charge in [-0.1, -0.05) is 19.9 Å². The quantitative estimate of drug-likeness (QED) is 0.855. The van der Waals surface area contributed by atoms with Gasteiger partial charge in [0.05, 0.1) is 11.4 Å². The average Bonchev–Trinajstić information content (AvgIpc) is 3.06. The molecule has 4 nitrogen and oxygen atoms in total. The lowest BCUT2D eigenvalue weighted by Crippen LogP contribution is -2.27. The number of carbonyl (C=O) groups is 1. The number of fused-ring (bicyclic) bond motifs is 1. The maximum Gasteiger partial charge on any atom is 0.307 e. The molecule has 1 aliphatic rings. The molecule has 2 atom stereocenters. The molecule has 1 saturated heterocycles. The van der Waals surface area contributed by atoms with Crippen LogP contribution in [-0.2, 0) is 17.6 Å². The summed E-state index contributed by atoms with van der Waals surface area (Å²) in [5.41, 5.74) is 3.39. The van der Waals surface area contributed by atoms with E-state index in [4.69, 9.17) is 0 Å². The summed E-state index contributed by atoms with van der Waals surface area (Å²) in [4.78, 5) is 16.2. The minimum Gasteiger partial charge on any atom is -0.481 e. The third-order valence-corrected chi connectivity index (χ3v) is 4.96. The third-order valence-electron chi connectivity index (χ3n) is 4.96. The molecule has 2 aromatic rings. The van der Waals surface area contributed by atoms with Crippen LogP contribution < -0.4 is 5.32 Å². The van der Waals surface area contributed by atoms with Crippen LogP contribution in [0.15, 0.2) is 30.5 Å². The van der Waals surface area contributed by atoms with Crippen molar-refractivity contribution in [3.63, 3.8) is 0 Å². The normalized spacial score (nSPS) is 19.0. The lowest BCUT2D eigenvalue weighted by atomic mass is 9.85. The molecule has 0 bridgehead atoms. The van der Waals surface area contributed by atoms with Crippen molar-refractivity contribution >= 4 is 16.9 Å². The van der Waals surface area contributed by atoms with Crippen molar-refractivity contribution in [3.8, 4) is 0 Å². The topological polar surface area (TPSA) is 62.2 Å². The summed E-state index contributed by atoms with van der Waals surface area (Å²) < 4.78 is 0. The van der Waals surface area contributed by atoms with E-state index in [1.807, 2.05) is 18.3 Å². The van der Waals surface area contributed by atoms with E-state index < -0.39 is 5.97 Å². The van der Waals surface area contributed by atoms with E-state index in [-0.39, 0.29) is 11.8 Å². The van der Waals surface area contributed by atoms with Crippen LogP contribution in [0.2, 0.25) is 0 Å². The van der Waals surface area contributed by atoms with E-state index in [1.165, 1.54) is 5.56 Å². The Morgan fingerprint density at radius 1 is 1.33 bits per heavy atom. The molecule has 2 N–H and O–H groups in total. The van der Waals surface area contributed by atoms with Crippen molar-refractivity contribution < 1.29 is 9.90 Å². The first-order valence-electron chi connectivity index (χ1n) is 8.84. The molecule has 0 radical (unpaired) electrons. The highest BCUT2D eigenvalue weighted by molar-refractivity contribution is 5.83. The molecule has 1 fully saturated rings. The highest BCUT2D eigenvalue weighted by Gasteiger charge is 2.30. The van der Waals surface area contributed by atoms with Crippen molar-refractivity contribution in [2.75, 3.05) is 13.1 Å². The molecular formula is C20H26N2O2. The second-order valence-corrected chi connectivity index (χ2v) is 7.32. The molecular weight excluding hydrogens is 300 g/mol. The van der Waals surface area contributed by atoms with Gasteiger partial charge >= 0.3 is 5.97 Å². The summed E-state index contributed by atoms with van der Waals surface area (Å²) in [6.45, 7) is 6.16. The summed E-state index contributed by atoms with van der Waals surface area (Å²) in [6, 6.07) is 8.30. The standard InChI is InChI=1S/C20H26N2O2/c1-13(2)9-15-6-8-22-19-4-3-14(10-17(15)19)11-18(20(23)24)16-5-7-21-12-16/h3-4,6,8,10,13,16,18,21H,5,7,9,11-12H2,1-2H3,(H,23,24)/t16-,18-/m0/s1. The minimum atomic E-state index is -0.683. The number of hydrogen-bond acceptors (Lipinski definition) is 3. The summed E-state index contributed by atoms with van der Waals surface area (Å²) in [5, 5.41) is 14.1. The number of hydrogen-bond donors (Lipinski definition) is 2. The van der Waals surface area contributed by atoms with Crippen molar-refractivity contribution in [3.05, 3.63) is 41.6 Å². The lowest BCUT2D eigenvalue weighted by molar-refractivity contribution is -0.143. The Balaban J connectivity index is 1.90. The average molecular weight is 326 g/mol. The Morgan fingerprint density at radius 2 is 2.17 bits per heavy atom. The third kappa shape index (κ3) is 3.75. The van der Waals surface area contributed by atoms with E-state index >= 15 is 0 Å². The van der Waals surface area contributed by atoms with Crippen LogP contribution in [-0.4, -0.2) is 29.1 Å². The van der Waals surface area contributed by atoms with E-state index in [0.717, 1.165) is 42.4 Å². The van der Waals surface area contributed by atoms with Crippen molar-refractivity contribution in [1.29, 1.82) is 0 Å². The fraction of sp³-hybridized carbons (Fsp3) is 0.500. The van der Waals surface area contributed by atoms with E-state index in [2.05, 4.69) is 36.3 Å². The summed E-state index contributed by atoms with van der Waals surface area (Å²) in [5.74, 6) is -0.196. The van der Waals surface area contributed by atoms with Crippen molar-refractivity contribution in [2.24, 2.45) is 17.8 Å². The maximum absolute atomic E-state index is 11.7. The zero-order valence-corrected chi connectivity index (χ0v) is 14.5. The molecule has 0 saturated carbocycles. The lowest BCUT2D eigenvalue weighted by Gasteiger charge is -2.19. The molecule has 0 spiro atoms. The number of carboxylic acid groups (broad SMARTS) is 1. The molecule has 2 heterocycles. The van der Waals surface area contributed by atoms with Gasteiger partial charge in [-0.25, -0.2) is 0 Å². The smallest absolute Gasteiger partial charge is 0.307 e. The van der Waals surface area contributed by atoms with Crippen LogP contribution in [0.3, 0.4) is 0 Å². The number of rotatable bonds is 6. The summed E-state index contributed by atoms with van der Waals surface area (Å²) in [6.07, 6.45) is 4.42. The molecule has 128 valence electrons. The second kappa shape index (κ2) is 7.31. The van der Waals surface area contributed by atoms with E-state index in [0.29, 0.717) is 12.3 Å². The molecule has 0 amide bonds. The number of benzene rings is 1. The Hall–Kier alpha value is -1.94. The zero-order chi connectivity index (χ0) is 17.1. The van der Waals surface area contributed by atoms with Crippen LogP contribution in [0.1, 0.15) is 31.4 Å². The van der Waals surface area contributed by atoms with Crippen molar-refractivity contribution in [1.82, 2.24) is 10.3 Å². The Labute approximate surface area is 143 Å². The Morgan fingerprint density at radius 3 is 2.83 bits per heavy atom. The van der Waals surface area contributed by atoms with Gasteiger partial charge in [0, 0.05) is 11.6 Å². The van der Waals surface area contributed by atoms with Gasteiger partial charge in [-0.15, -0.1) is 0 Å². The second-order valence-electron chi connectivity index (χ2n) is 7.32. The summed E-state index contributed by atoms with van der Waals surface area (Å²) >= 11 is 0.